The van der Waals surface area contributed by atoms with E-state index in [1.165, 1.54) is 0 Å². The lowest BCUT2D eigenvalue weighted by Gasteiger charge is -2.26. The number of hydrogen-bond acceptors (Lipinski definition) is 5. The Morgan fingerprint density at radius 2 is 1.78 bits per heavy atom. The molecule has 1 aliphatic heterocycles. The van der Waals surface area contributed by atoms with Crippen molar-refractivity contribution in [3.05, 3.63) is 0 Å². The molecule has 8 nitrogen and oxygen atoms in total. The third-order valence-corrected chi connectivity index (χ3v) is 3.66. The molecule has 1 fully saturated rings. The largest absolute Gasteiger partial charge is 0.444 e. The Morgan fingerprint density at radius 1 is 1.11 bits per heavy atom. The minimum atomic E-state index is -0.467. The Kier molecular flexibility index (Phi) is 14.7. The van der Waals surface area contributed by atoms with E-state index in [1.807, 2.05) is 20.8 Å². The summed E-state index contributed by atoms with van der Waals surface area (Å²) in [6, 6.07) is 0. The molecule has 27 heavy (non-hydrogen) atoms. The fraction of sp³-hybridized carbons (Fsp3) is 0.889. The number of ether oxygens (including phenoxy) is 2. The molecule has 9 heteroatoms. The molecular formula is C18H38IN5O3. The molecule has 0 saturated carbocycles. The van der Waals surface area contributed by atoms with Crippen LogP contribution in [-0.2, 0) is 9.47 Å². The number of amides is 1. The summed E-state index contributed by atoms with van der Waals surface area (Å²) in [4.78, 5) is 18.5. The first-order chi connectivity index (χ1) is 12.4. The number of guanidine groups is 1. The van der Waals surface area contributed by atoms with Gasteiger partial charge in [-0.15, -0.1) is 24.0 Å². The topological polar surface area (TPSA) is 87.2 Å². The second-order valence-corrected chi connectivity index (χ2v) is 7.28. The lowest BCUT2D eigenvalue weighted by Crippen LogP contribution is -2.40. The molecule has 1 heterocycles. The average molecular weight is 499 g/mol. The highest BCUT2D eigenvalue weighted by molar-refractivity contribution is 14.0. The number of carbonyl (C=O) groups excluding carboxylic acids is 1. The molecule has 0 unspecified atom stereocenters. The molecule has 0 radical (unpaired) electrons. The first kappa shape index (κ1) is 26.2. The van der Waals surface area contributed by atoms with Gasteiger partial charge in [-0.05, 0) is 47.1 Å². The van der Waals surface area contributed by atoms with E-state index < -0.39 is 5.60 Å². The molecule has 0 aromatic heterocycles. The van der Waals surface area contributed by atoms with Gasteiger partial charge in [-0.3, -0.25) is 9.89 Å². The normalized spacial score (nSPS) is 15.6. The van der Waals surface area contributed by atoms with Gasteiger partial charge in [-0.1, -0.05) is 0 Å². The van der Waals surface area contributed by atoms with E-state index in [9.17, 15) is 4.79 Å². The summed E-state index contributed by atoms with van der Waals surface area (Å²) in [5, 5.41) is 9.35. The molecule has 1 saturated heterocycles. The molecule has 0 bridgehead atoms. The van der Waals surface area contributed by atoms with Crippen LogP contribution >= 0.6 is 24.0 Å². The summed E-state index contributed by atoms with van der Waals surface area (Å²) in [6.45, 7) is 15.3. The summed E-state index contributed by atoms with van der Waals surface area (Å²) < 4.78 is 10.6. The van der Waals surface area contributed by atoms with Gasteiger partial charge in [0.05, 0.1) is 13.2 Å². The van der Waals surface area contributed by atoms with Crippen LogP contribution in [-0.4, -0.2) is 81.6 Å². The quantitative estimate of drug-likeness (QED) is 0.194. The maximum absolute atomic E-state index is 11.6. The summed E-state index contributed by atoms with van der Waals surface area (Å²) in [7, 11) is 0. The zero-order chi connectivity index (χ0) is 19.3. The molecule has 0 atom stereocenters. The molecular weight excluding hydrogens is 461 g/mol. The molecule has 0 aliphatic carbocycles. The highest BCUT2D eigenvalue weighted by Gasteiger charge is 2.15. The van der Waals surface area contributed by atoms with E-state index in [4.69, 9.17) is 9.47 Å². The number of aliphatic imine (C=N–C) groups is 1. The van der Waals surface area contributed by atoms with E-state index in [2.05, 4.69) is 32.8 Å². The highest BCUT2D eigenvalue weighted by Crippen LogP contribution is 2.06. The maximum Gasteiger partial charge on any atom is 0.407 e. The van der Waals surface area contributed by atoms with Gasteiger partial charge < -0.3 is 25.4 Å². The van der Waals surface area contributed by atoms with E-state index in [1.54, 1.807) is 0 Å². The van der Waals surface area contributed by atoms with Crippen LogP contribution in [0.15, 0.2) is 4.99 Å². The van der Waals surface area contributed by atoms with Gasteiger partial charge in [0.2, 0.25) is 0 Å². The van der Waals surface area contributed by atoms with Gasteiger partial charge in [0.1, 0.15) is 5.60 Å². The van der Waals surface area contributed by atoms with Crippen LogP contribution in [0.3, 0.4) is 0 Å². The number of hydrogen-bond donors (Lipinski definition) is 3. The van der Waals surface area contributed by atoms with Crippen molar-refractivity contribution in [2.45, 2.75) is 46.1 Å². The van der Waals surface area contributed by atoms with Crippen LogP contribution in [0.4, 0.5) is 4.79 Å². The SMILES string of the molecule is CCNC(=NCCCNC(=O)OC(C)(C)C)NCCCN1CCOCC1.I. The Morgan fingerprint density at radius 3 is 2.41 bits per heavy atom. The lowest BCUT2D eigenvalue weighted by molar-refractivity contribution is 0.0376. The zero-order valence-electron chi connectivity index (χ0n) is 17.3. The van der Waals surface area contributed by atoms with Crippen LogP contribution in [0.25, 0.3) is 0 Å². The Hall–Kier alpha value is -0.810. The van der Waals surface area contributed by atoms with Gasteiger partial charge in [0.25, 0.3) is 0 Å². The molecule has 0 aromatic carbocycles. The van der Waals surface area contributed by atoms with Gasteiger partial charge in [-0.2, -0.15) is 0 Å². The molecule has 0 spiro atoms. The fourth-order valence-corrected chi connectivity index (χ4v) is 2.45. The lowest BCUT2D eigenvalue weighted by atomic mass is 10.2. The predicted molar refractivity (Wildman–Crippen MR) is 120 cm³/mol. The van der Waals surface area contributed by atoms with Crippen LogP contribution < -0.4 is 16.0 Å². The predicted octanol–water partition coefficient (Wildman–Crippen LogP) is 1.80. The van der Waals surface area contributed by atoms with Crippen LogP contribution in [0.2, 0.25) is 0 Å². The van der Waals surface area contributed by atoms with E-state index in [-0.39, 0.29) is 30.1 Å². The Labute approximate surface area is 181 Å². The minimum Gasteiger partial charge on any atom is -0.444 e. The molecule has 0 aromatic rings. The Balaban J connectivity index is 0.00000676. The first-order valence-electron chi connectivity index (χ1n) is 9.70. The molecule has 1 aliphatic rings. The van der Waals surface area contributed by atoms with Gasteiger partial charge in [0, 0.05) is 39.3 Å². The van der Waals surface area contributed by atoms with E-state index in [0.717, 1.165) is 64.7 Å². The summed E-state index contributed by atoms with van der Waals surface area (Å²) >= 11 is 0. The van der Waals surface area contributed by atoms with E-state index in [0.29, 0.717) is 13.1 Å². The average Bonchev–Trinajstić information content (AvgIpc) is 2.57. The maximum atomic E-state index is 11.6. The fourth-order valence-electron chi connectivity index (χ4n) is 2.45. The van der Waals surface area contributed by atoms with Crippen LogP contribution in [0.1, 0.15) is 40.5 Å². The molecule has 3 N–H and O–H groups in total. The van der Waals surface area contributed by atoms with Crippen molar-refractivity contribution in [3.8, 4) is 0 Å². The highest BCUT2D eigenvalue weighted by atomic mass is 127. The summed E-state index contributed by atoms with van der Waals surface area (Å²) in [5.74, 6) is 0.826. The number of nitrogens with zero attached hydrogens (tertiary/aromatic N) is 2. The zero-order valence-corrected chi connectivity index (χ0v) is 19.6. The van der Waals surface area contributed by atoms with Crippen molar-refractivity contribution in [3.63, 3.8) is 0 Å². The third-order valence-electron chi connectivity index (χ3n) is 3.66. The third kappa shape index (κ3) is 14.9. The molecule has 1 amide bonds. The Bertz CT molecular complexity index is 424. The van der Waals surface area contributed by atoms with Crippen molar-refractivity contribution in [2.75, 3.05) is 59.0 Å². The number of alkyl carbamates (subject to hydrolysis) is 1. The van der Waals surface area contributed by atoms with Crippen molar-refractivity contribution in [1.82, 2.24) is 20.9 Å². The number of carbonyl (C=O) groups is 1. The second-order valence-electron chi connectivity index (χ2n) is 7.28. The van der Waals surface area contributed by atoms with Crippen molar-refractivity contribution in [1.29, 1.82) is 0 Å². The van der Waals surface area contributed by atoms with Crippen molar-refractivity contribution < 1.29 is 14.3 Å². The minimum absolute atomic E-state index is 0. The monoisotopic (exact) mass is 499 g/mol. The van der Waals surface area contributed by atoms with Gasteiger partial charge in [-0.25, -0.2) is 4.79 Å². The summed E-state index contributed by atoms with van der Waals surface area (Å²) in [6.07, 6.45) is 1.46. The number of halogens is 1. The van der Waals surface area contributed by atoms with Crippen LogP contribution in [0, 0.1) is 0 Å². The van der Waals surface area contributed by atoms with E-state index >= 15 is 0 Å². The summed E-state index contributed by atoms with van der Waals surface area (Å²) in [5.41, 5.74) is -0.467. The first-order valence-corrected chi connectivity index (χ1v) is 9.70. The number of morpholine rings is 1. The van der Waals surface area contributed by atoms with Crippen molar-refractivity contribution in [2.24, 2.45) is 4.99 Å². The molecule has 1 rings (SSSR count). The molecule has 160 valence electrons. The smallest absolute Gasteiger partial charge is 0.407 e. The van der Waals surface area contributed by atoms with Gasteiger partial charge in [0.15, 0.2) is 5.96 Å². The van der Waals surface area contributed by atoms with Gasteiger partial charge >= 0.3 is 6.09 Å². The van der Waals surface area contributed by atoms with Crippen LogP contribution in [0.5, 0.6) is 0 Å². The standard InChI is InChI=1S/C18H37N5O3.HI/c1-5-19-16(21-10-7-11-23-12-14-25-15-13-23)20-8-6-9-22-17(24)26-18(2,3)4;/h5-15H2,1-4H3,(H,22,24)(H2,19,20,21);1H. The van der Waals surface area contributed by atoms with Crippen molar-refractivity contribution >= 4 is 36.0 Å². The second kappa shape index (κ2) is 15.2. The number of rotatable bonds is 9. The number of nitrogens with one attached hydrogen (secondary N) is 3.